The first kappa shape index (κ1) is 17.4. The standard InChI is InChI=1S/C18H18N6O3S/c1-10(28-18-22-19-15(11-2-3-11)23(18)13-8-9-13)16-20-21-17(27-16)12-4-6-14(7-5-12)24(25)26/h4-7,10-11,13H,2-3,8-9H2,1H3. The van der Waals surface area contributed by atoms with E-state index in [9.17, 15) is 10.1 Å². The first-order valence-corrected chi connectivity index (χ1v) is 10.2. The Balaban J connectivity index is 1.34. The van der Waals surface area contributed by atoms with E-state index in [0.717, 1.165) is 11.0 Å². The zero-order valence-corrected chi connectivity index (χ0v) is 16.0. The summed E-state index contributed by atoms with van der Waals surface area (Å²) in [7, 11) is 0. The van der Waals surface area contributed by atoms with E-state index in [1.807, 2.05) is 6.92 Å². The molecule has 0 spiro atoms. The average Bonchev–Trinajstić information content (AvgIpc) is 3.63. The zero-order valence-electron chi connectivity index (χ0n) is 15.2. The highest BCUT2D eigenvalue weighted by Gasteiger charge is 2.37. The Morgan fingerprint density at radius 2 is 1.89 bits per heavy atom. The van der Waals surface area contributed by atoms with Gasteiger partial charge in [0.15, 0.2) is 5.16 Å². The van der Waals surface area contributed by atoms with Crippen LogP contribution >= 0.6 is 11.8 Å². The van der Waals surface area contributed by atoms with Gasteiger partial charge in [-0.3, -0.25) is 10.1 Å². The van der Waals surface area contributed by atoms with E-state index in [1.165, 1.54) is 37.8 Å². The molecule has 0 aliphatic heterocycles. The van der Waals surface area contributed by atoms with Gasteiger partial charge in [0.1, 0.15) is 5.82 Å². The van der Waals surface area contributed by atoms with Crippen LogP contribution in [-0.4, -0.2) is 29.9 Å². The van der Waals surface area contributed by atoms with Gasteiger partial charge in [0, 0.05) is 29.7 Å². The van der Waals surface area contributed by atoms with Crippen molar-refractivity contribution in [2.24, 2.45) is 0 Å². The Morgan fingerprint density at radius 1 is 1.14 bits per heavy atom. The maximum atomic E-state index is 10.8. The topological polar surface area (TPSA) is 113 Å². The second-order valence-electron chi connectivity index (χ2n) is 7.23. The van der Waals surface area contributed by atoms with Gasteiger partial charge in [-0.1, -0.05) is 11.8 Å². The molecule has 144 valence electrons. The van der Waals surface area contributed by atoms with Gasteiger partial charge in [0.2, 0.25) is 11.8 Å². The normalized spacial score (nSPS) is 17.6. The van der Waals surface area contributed by atoms with Crippen molar-refractivity contribution in [3.8, 4) is 11.5 Å². The van der Waals surface area contributed by atoms with Gasteiger partial charge in [-0.15, -0.1) is 20.4 Å². The number of non-ortho nitro benzene ring substituents is 1. The van der Waals surface area contributed by atoms with E-state index in [2.05, 4.69) is 25.0 Å². The molecule has 1 unspecified atom stereocenters. The van der Waals surface area contributed by atoms with Crippen molar-refractivity contribution < 1.29 is 9.34 Å². The lowest BCUT2D eigenvalue weighted by atomic mass is 10.2. The fourth-order valence-corrected chi connectivity index (χ4v) is 4.07. The van der Waals surface area contributed by atoms with Crippen LogP contribution in [0.2, 0.25) is 0 Å². The third-order valence-electron chi connectivity index (χ3n) is 4.94. The van der Waals surface area contributed by atoms with Gasteiger partial charge in [0.25, 0.3) is 5.69 Å². The Labute approximate surface area is 164 Å². The molecule has 0 saturated heterocycles. The molecule has 5 rings (SSSR count). The quantitative estimate of drug-likeness (QED) is 0.329. The van der Waals surface area contributed by atoms with E-state index >= 15 is 0 Å². The molecule has 28 heavy (non-hydrogen) atoms. The summed E-state index contributed by atoms with van der Waals surface area (Å²) >= 11 is 1.58. The molecule has 2 fully saturated rings. The Hall–Kier alpha value is -2.75. The van der Waals surface area contributed by atoms with Crippen LogP contribution < -0.4 is 0 Å². The minimum atomic E-state index is -0.437. The molecule has 2 heterocycles. The van der Waals surface area contributed by atoms with Gasteiger partial charge in [0.05, 0.1) is 10.2 Å². The highest BCUT2D eigenvalue weighted by Crippen LogP contribution is 2.47. The minimum Gasteiger partial charge on any atom is -0.419 e. The lowest BCUT2D eigenvalue weighted by Crippen LogP contribution is -2.02. The third kappa shape index (κ3) is 3.28. The molecule has 10 heteroatoms. The summed E-state index contributed by atoms with van der Waals surface area (Å²) < 4.78 is 8.11. The number of aromatic nitrogens is 5. The molecule has 2 aliphatic rings. The van der Waals surface area contributed by atoms with Crippen LogP contribution in [0.1, 0.15) is 61.5 Å². The highest BCUT2D eigenvalue weighted by atomic mass is 32.2. The lowest BCUT2D eigenvalue weighted by molar-refractivity contribution is -0.384. The molecule has 2 aliphatic carbocycles. The molecule has 0 bridgehead atoms. The molecule has 0 radical (unpaired) electrons. The van der Waals surface area contributed by atoms with Crippen molar-refractivity contribution in [2.45, 2.75) is 55.0 Å². The van der Waals surface area contributed by atoms with Crippen molar-refractivity contribution in [3.05, 3.63) is 46.1 Å². The molecule has 2 aromatic heterocycles. The predicted octanol–water partition coefficient (Wildman–Crippen LogP) is 4.30. The Bertz CT molecular complexity index is 1020. The largest absolute Gasteiger partial charge is 0.419 e. The summed E-state index contributed by atoms with van der Waals surface area (Å²) in [6.07, 6.45) is 4.77. The van der Waals surface area contributed by atoms with Gasteiger partial charge in [-0.25, -0.2) is 0 Å². The van der Waals surface area contributed by atoms with Crippen LogP contribution in [-0.2, 0) is 0 Å². The predicted molar refractivity (Wildman–Crippen MR) is 101 cm³/mol. The second-order valence-corrected chi connectivity index (χ2v) is 8.53. The number of hydrogen-bond donors (Lipinski definition) is 0. The monoisotopic (exact) mass is 398 g/mol. The maximum Gasteiger partial charge on any atom is 0.269 e. The smallest absolute Gasteiger partial charge is 0.269 e. The number of nitro groups is 1. The third-order valence-corrected chi connectivity index (χ3v) is 5.99. The first-order valence-electron chi connectivity index (χ1n) is 9.30. The molecule has 3 aromatic rings. The summed E-state index contributed by atoms with van der Waals surface area (Å²) in [4.78, 5) is 10.3. The summed E-state index contributed by atoms with van der Waals surface area (Å²) in [5, 5.41) is 28.7. The van der Waals surface area contributed by atoms with Crippen molar-refractivity contribution in [3.63, 3.8) is 0 Å². The average molecular weight is 398 g/mol. The highest BCUT2D eigenvalue weighted by molar-refractivity contribution is 7.99. The maximum absolute atomic E-state index is 10.8. The second kappa shape index (κ2) is 6.69. The fraction of sp³-hybridized carbons (Fsp3) is 0.444. The summed E-state index contributed by atoms with van der Waals surface area (Å²) in [6, 6.07) is 6.60. The van der Waals surface area contributed by atoms with Crippen molar-refractivity contribution >= 4 is 17.4 Å². The molecule has 1 aromatic carbocycles. The fourth-order valence-electron chi connectivity index (χ4n) is 3.11. The van der Waals surface area contributed by atoms with Crippen LogP contribution in [0.3, 0.4) is 0 Å². The number of rotatable bonds is 7. The van der Waals surface area contributed by atoms with Gasteiger partial charge >= 0.3 is 0 Å². The Morgan fingerprint density at radius 3 is 2.54 bits per heavy atom. The van der Waals surface area contributed by atoms with E-state index in [-0.39, 0.29) is 10.9 Å². The van der Waals surface area contributed by atoms with Crippen LogP contribution in [0, 0.1) is 10.1 Å². The molecule has 0 amide bonds. The molecule has 0 N–H and O–H groups in total. The molecule has 2 saturated carbocycles. The summed E-state index contributed by atoms with van der Waals surface area (Å²) in [5.74, 6) is 2.53. The number of nitro benzene ring substituents is 1. The van der Waals surface area contributed by atoms with Crippen LogP contribution in [0.5, 0.6) is 0 Å². The van der Waals surface area contributed by atoms with Crippen LogP contribution in [0.4, 0.5) is 5.69 Å². The van der Waals surface area contributed by atoms with E-state index < -0.39 is 4.92 Å². The number of hydrogen-bond acceptors (Lipinski definition) is 8. The van der Waals surface area contributed by atoms with E-state index in [4.69, 9.17) is 4.42 Å². The Kier molecular flexibility index (Phi) is 4.15. The molecular formula is C18H18N6O3S. The summed E-state index contributed by atoms with van der Waals surface area (Å²) in [6.45, 7) is 2.00. The number of benzene rings is 1. The van der Waals surface area contributed by atoms with Crippen molar-refractivity contribution in [1.29, 1.82) is 0 Å². The van der Waals surface area contributed by atoms with E-state index in [1.54, 1.807) is 23.9 Å². The van der Waals surface area contributed by atoms with Crippen LogP contribution in [0.25, 0.3) is 11.5 Å². The first-order chi connectivity index (χ1) is 13.6. The molecule has 9 nitrogen and oxygen atoms in total. The zero-order chi connectivity index (χ0) is 19.3. The molecule has 1 atom stereocenters. The van der Waals surface area contributed by atoms with Gasteiger partial charge in [-0.2, -0.15) is 0 Å². The minimum absolute atomic E-state index is 0.0262. The van der Waals surface area contributed by atoms with Gasteiger partial charge in [-0.05, 0) is 44.7 Å². The van der Waals surface area contributed by atoms with E-state index in [0.29, 0.717) is 29.3 Å². The van der Waals surface area contributed by atoms with Crippen LogP contribution in [0.15, 0.2) is 33.8 Å². The summed E-state index contributed by atoms with van der Waals surface area (Å²) in [5.41, 5.74) is 0.678. The lowest BCUT2D eigenvalue weighted by Gasteiger charge is -2.10. The number of nitrogens with zero attached hydrogens (tertiary/aromatic N) is 6. The van der Waals surface area contributed by atoms with Gasteiger partial charge < -0.3 is 8.98 Å². The van der Waals surface area contributed by atoms with Crippen molar-refractivity contribution in [1.82, 2.24) is 25.0 Å². The number of thioether (sulfide) groups is 1. The van der Waals surface area contributed by atoms with Crippen molar-refractivity contribution in [2.75, 3.05) is 0 Å². The SMILES string of the molecule is CC(Sc1nnc(C2CC2)n1C1CC1)c1nnc(-c2ccc([N+](=O)[O-])cc2)o1. The molecular weight excluding hydrogens is 380 g/mol.